The van der Waals surface area contributed by atoms with E-state index >= 15 is 0 Å². The third kappa shape index (κ3) is 2.58. The van der Waals surface area contributed by atoms with Crippen LogP contribution in [0.2, 0.25) is 0 Å². The summed E-state index contributed by atoms with van der Waals surface area (Å²) in [7, 11) is 0. The van der Waals surface area contributed by atoms with E-state index in [1.165, 1.54) is 5.56 Å². The van der Waals surface area contributed by atoms with Crippen molar-refractivity contribution in [2.24, 2.45) is 0 Å². The van der Waals surface area contributed by atoms with Gasteiger partial charge < -0.3 is 15.2 Å². The minimum Gasteiger partial charge on any atom is -0.508 e. The quantitative estimate of drug-likeness (QED) is 0.833. The molecule has 96 valence electrons. The van der Waals surface area contributed by atoms with E-state index in [-0.39, 0.29) is 18.4 Å². The fraction of sp³-hybridized carbons (Fsp3) is 0.286. The van der Waals surface area contributed by atoms with E-state index in [0.717, 1.165) is 30.5 Å². The van der Waals surface area contributed by atoms with Crippen LogP contribution in [0.15, 0.2) is 36.4 Å². The second-order valence-corrected chi connectivity index (χ2v) is 4.37. The Morgan fingerprint density at radius 2 is 1.89 bits per heavy atom. The molecular formula is C14H16ClNO2. The molecule has 1 aliphatic rings. The monoisotopic (exact) mass is 265 g/mol. The Kier molecular flexibility index (Phi) is 4.07. The summed E-state index contributed by atoms with van der Waals surface area (Å²) >= 11 is 0. The topological polar surface area (TPSA) is 41.5 Å². The lowest BCUT2D eigenvalue weighted by molar-refractivity contribution is 0.0769. The van der Waals surface area contributed by atoms with Gasteiger partial charge in [-0.25, -0.2) is 0 Å². The van der Waals surface area contributed by atoms with Gasteiger partial charge in [-0.1, -0.05) is 18.2 Å². The smallest absolute Gasteiger partial charge is 0.116 e. The van der Waals surface area contributed by atoms with E-state index in [1.54, 1.807) is 12.1 Å². The van der Waals surface area contributed by atoms with E-state index in [0.29, 0.717) is 5.75 Å². The van der Waals surface area contributed by atoms with Crippen LogP contribution in [0.25, 0.3) is 10.8 Å². The fourth-order valence-corrected chi connectivity index (χ4v) is 2.25. The van der Waals surface area contributed by atoms with Gasteiger partial charge in [-0.3, -0.25) is 0 Å². The molecule has 4 heteroatoms. The highest BCUT2D eigenvalue weighted by Gasteiger charge is 2.15. The van der Waals surface area contributed by atoms with Crippen LogP contribution in [0.1, 0.15) is 11.6 Å². The van der Waals surface area contributed by atoms with Crippen molar-refractivity contribution >= 4 is 23.2 Å². The number of morpholine rings is 1. The first-order valence-corrected chi connectivity index (χ1v) is 5.87. The van der Waals surface area contributed by atoms with Crippen LogP contribution in [0.5, 0.6) is 5.75 Å². The summed E-state index contributed by atoms with van der Waals surface area (Å²) in [4.78, 5) is 0. The number of nitrogens with one attached hydrogen (secondary N) is 1. The number of fused-ring (bicyclic) bond motifs is 1. The van der Waals surface area contributed by atoms with Gasteiger partial charge in [-0.15, -0.1) is 12.4 Å². The first-order chi connectivity index (χ1) is 8.33. The summed E-state index contributed by atoms with van der Waals surface area (Å²) in [5.41, 5.74) is 1.24. The van der Waals surface area contributed by atoms with Gasteiger partial charge in [0.15, 0.2) is 0 Å². The normalized spacial score (nSPS) is 19.4. The van der Waals surface area contributed by atoms with E-state index in [1.807, 2.05) is 12.1 Å². The molecule has 0 aromatic heterocycles. The van der Waals surface area contributed by atoms with Gasteiger partial charge in [0.2, 0.25) is 0 Å². The van der Waals surface area contributed by atoms with Crippen LogP contribution < -0.4 is 5.32 Å². The Balaban J connectivity index is 0.00000120. The van der Waals surface area contributed by atoms with Crippen LogP contribution in [0.3, 0.4) is 0 Å². The Morgan fingerprint density at radius 1 is 1.11 bits per heavy atom. The molecule has 2 aromatic carbocycles. The average molecular weight is 266 g/mol. The fourth-order valence-electron chi connectivity index (χ4n) is 2.25. The third-order valence-corrected chi connectivity index (χ3v) is 3.17. The van der Waals surface area contributed by atoms with Gasteiger partial charge >= 0.3 is 0 Å². The molecule has 1 aliphatic heterocycles. The third-order valence-electron chi connectivity index (χ3n) is 3.17. The lowest BCUT2D eigenvalue weighted by atomic mass is 10.0. The summed E-state index contributed by atoms with van der Waals surface area (Å²) < 4.78 is 5.47. The highest BCUT2D eigenvalue weighted by atomic mass is 35.5. The van der Waals surface area contributed by atoms with Gasteiger partial charge in [-0.2, -0.15) is 0 Å². The highest BCUT2D eigenvalue weighted by Crippen LogP contribution is 2.24. The summed E-state index contributed by atoms with van der Waals surface area (Å²) in [6, 6.07) is 12.0. The summed E-state index contributed by atoms with van der Waals surface area (Å²) in [6.07, 6.45) is 0. The number of aromatic hydroxyl groups is 1. The molecule has 0 bridgehead atoms. The molecule has 0 saturated carbocycles. The van der Waals surface area contributed by atoms with Crippen molar-refractivity contribution in [2.75, 3.05) is 19.8 Å². The molecule has 0 unspecified atom stereocenters. The first-order valence-electron chi connectivity index (χ1n) is 5.87. The van der Waals surface area contributed by atoms with E-state index in [2.05, 4.69) is 17.4 Å². The Morgan fingerprint density at radius 3 is 2.67 bits per heavy atom. The van der Waals surface area contributed by atoms with Crippen LogP contribution in [-0.2, 0) is 4.74 Å². The predicted octanol–water partition coefficient (Wildman–Crippen LogP) is 2.63. The molecule has 1 atom stereocenters. The van der Waals surface area contributed by atoms with Crippen molar-refractivity contribution in [3.05, 3.63) is 42.0 Å². The summed E-state index contributed by atoms with van der Waals surface area (Å²) in [5, 5.41) is 15.1. The molecule has 3 rings (SSSR count). The molecule has 3 nitrogen and oxygen atoms in total. The van der Waals surface area contributed by atoms with E-state index in [9.17, 15) is 5.11 Å². The van der Waals surface area contributed by atoms with E-state index in [4.69, 9.17) is 4.74 Å². The molecular weight excluding hydrogens is 250 g/mol. The zero-order chi connectivity index (χ0) is 11.7. The van der Waals surface area contributed by atoms with Crippen molar-refractivity contribution in [1.29, 1.82) is 0 Å². The number of hydrogen-bond donors (Lipinski definition) is 2. The number of ether oxygens (including phenoxy) is 1. The number of phenols is 1. The number of benzene rings is 2. The van der Waals surface area contributed by atoms with E-state index < -0.39 is 0 Å². The standard InChI is InChI=1S/C14H15NO2.ClH/c16-13-4-3-10-7-12(2-1-11(10)8-13)14-9-17-6-5-15-14;/h1-4,7-8,14-16H,5-6,9H2;1H/t14-;/m0./s1. The molecule has 1 heterocycles. The number of phenolic OH excluding ortho intramolecular Hbond substituents is 1. The second-order valence-electron chi connectivity index (χ2n) is 4.37. The Labute approximate surface area is 112 Å². The summed E-state index contributed by atoms with van der Waals surface area (Å²) in [6.45, 7) is 2.42. The van der Waals surface area contributed by atoms with Gasteiger partial charge in [0, 0.05) is 6.54 Å². The molecule has 0 aliphatic carbocycles. The zero-order valence-corrected chi connectivity index (χ0v) is 10.7. The molecule has 0 radical (unpaired) electrons. The van der Waals surface area contributed by atoms with Crippen molar-refractivity contribution < 1.29 is 9.84 Å². The lowest BCUT2D eigenvalue weighted by Gasteiger charge is -2.24. The predicted molar refractivity (Wildman–Crippen MR) is 74.4 cm³/mol. The largest absolute Gasteiger partial charge is 0.508 e. The van der Waals surface area contributed by atoms with Crippen molar-refractivity contribution in [2.45, 2.75) is 6.04 Å². The minimum atomic E-state index is 0. The number of rotatable bonds is 1. The molecule has 18 heavy (non-hydrogen) atoms. The summed E-state index contributed by atoms with van der Waals surface area (Å²) in [5.74, 6) is 0.310. The molecule has 0 spiro atoms. The van der Waals surface area contributed by atoms with Crippen LogP contribution in [0, 0.1) is 0 Å². The average Bonchev–Trinajstić information content (AvgIpc) is 2.39. The maximum Gasteiger partial charge on any atom is 0.116 e. The first kappa shape index (κ1) is 13.1. The number of hydrogen-bond acceptors (Lipinski definition) is 3. The SMILES string of the molecule is Cl.Oc1ccc2cc([C@@H]3COCCN3)ccc2c1. The van der Waals surface area contributed by atoms with Crippen LogP contribution in [0.4, 0.5) is 0 Å². The maximum absolute atomic E-state index is 9.42. The van der Waals surface area contributed by atoms with Gasteiger partial charge in [0.25, 0.3) is 0 Å². The molecule has 2 N–H and O–H groups in total. The van der Waals surface area contributed by atoms with Crippen molar-refractivity contribution in [1.82, 2.24) is 5.32 Å². The molecule has 2 aromatic rings. The Bertz CT molecular complexity index is 538. The molecule has 1 fully saturated rings. The zero-order valence-electron chi connectivity index (χ0n) is 9.93. The minimum absolute atomic E-state index is 0. The highest BCUT2D eigenvalue weighted by molar-refractivity contribution is 5.85. The Hall–Kier alpha value is -1.29. The molecule has 0 amide bonds. The van der Waals surface area contributed by atoms with Crippen LogP contribution in [-0.4, -0.2) is 24.9 Å². The van der Waals surface area contributed by atoms with Gasteiger partial charge in [0.05, 0.1) is 19.3 Å². The number of halogens is 1. The second kappa shape index (κ2) is 5.57. The maximum atomic E-state index is 9.42. The van der Waals surface area contributed by atoms with Gasteiger partial charge in [0.1, 0.15) is 5.75 Å². The molecule has 1 saturated heterocycles. The van der Waals surface area contributed by atoms with Gasteiger partial charge in [-0.05, 0) is 34.5 Å². The lowest BCUT2D eigenvalue weighted by Crippen LogP contribution is -2.34. The van der Waals surface area contributed by atoms with Crippen LogP contribution >= 0.6 is 12.4 Å². The van der Waals surface area contributed by atoms with Crippen molar-refractivity contribution in [3.8, 4) is 5.75 Å². The van der Waals surface area contributed by atoms with Crippen molar-refractivity contribution in [3.63, 3.8) is 0 Å².